The Morgan fingerprint density at radius 1 is 1.14 bits per heavy atom. The fourth-order valence-electron chi connectivity index (χ4n) is 2.43. The molecule has 0 saturated carbocycles. The lowest BCUT2D eigenvalue weighted by atomic mass is 10.1. The molecular formula is C18H22BrN2O+. The third-order valence-electron chi connectivity index (χ3n) is 3.68. The van der Waals surface area contributed by atoms with E-state index in [1.165, 1.54) is 16.0 Å². The van der Waals surface area contributed by atoms with Gasteiger partial charge in [0, 0.05) is 15.7 Å². The molecular weight excluding hydrogens is 340 g/mol. The van der Waals surface area contributed by atoms with Gasteiger partial charge in [-0.2, -0.15) is 0 Å². The van der Waals surface area contributed by atoms with Crippen molar-refractivity contribution in [3.8, 4) is 0 Å². The Morgan fingerprint density at radius 2 is 1.86 bits per heavy atom. The van der Waals surface area contributed by atoms with Crippen LogP contribution in [0.3, 0.4) is 0 Å². The van der Waals surface area contributed by atoms with Gasteiger partial charge in [0.05, 0.1) is 7.05 Å². The zero-order chi connectivity index (χ0) is 16.1. The van der Waals surface area contributed by atoms with Gasteiger partial charge >= 0.3 is 0 Å². The van der Waals surface area contributed by atoms with Crippen LogP contribution in [0.25, 0.3) is 0 Å². The predicted molar refractivity (Wildman–Crippen MR) is 94.1 cm³/mol. The molecule has 4 heteroatoms. The van der Waals surface area contributed by atoms with E-state index in [0.29, 0.717) is 6.54 Å². The maximum atomic E-state index is 12.2. The number of halogens is 1. The van der Waals surface area contributed by atoms with Crippen LogP contribution in [0.1, 0.15) is 16.7 Å². The van der Waals surface area contributed by atoms with E-state index in [4.69, 9.17) is 0 Å². The third-order valence-corrected chi connectivity index (χ3v) is 4.17. The van der Waals surface area contributed by atoms with E-state index in [9.17, 15) is 4.79 Å². The molecule has 116 valence electrons. The van der Waals surface area contributed by atoms with E-state index in [0.717, 1.165) is 22.3 Å². The largest absolute Gasteiger partial charge is 0.326 e. The van der Waals surface area contributed by atoms with Crippen molar-refractivity contribution in [2.24, 2.45) is 0 Å². The minimum atomic E-state index is 0.0384. The predicted octanol–water partition coefficient (Wildman–Crippen LogP) is 2.72. The van der Waals surface area contributed by atoms with Gasteiger partial charge in [0.2, 0.25) is 0 Å². The topological polar surface area (TPSA) is 33.5 Å². The third kappa shape index (κ3) is 4.68. The first kappa shape index (κ1) is 16.7. The molecule has 0 saturated heterocycles. The molecule has 1 unspecified atom stereocenters. The number of aryl methyl sites for hydroxylation is 2. The number of rotatable bonds is 5. The van der Waals surface area contributed by atoms with Gasteiger partial charge in [-0.15, -0.1) is 0 Å². The molecule has 0 spiro atoms. The molecule has 2 aromatic carbocycles. The summed E-state index contributed by atoms with van der Waals surface area (Å²) >= 11 is 3.43. The highest BCUT2D eigenvalue weighted by molar-refractivity contribution is 9.10. The number of nitrogens with one attached hydrogen (secondary N) is 2. The smallest absolute Gasteiger partial charge is 0.279 e. The van der Waals surface area contributed by atoms with Gasteiger partial charge in [-0.3, -0.25) is 4.79 Å². The van der Waals surface area contributed by atoms with Crippen molar-refractivity contribution in [3.63, 3.8) is 0 Å². The zero-order valence-corrected chi connectivity index (χ0v) is 14.8. The summed E-state index contributed by atoms with van der Waals surface area (Å²) in [5.41, 5.74) is 4.48. The van der Waals surface area contributed by atoms with Crippen molar-refractivity contribution >= 4 is 27.5 Å². The van der Waals surface area contributed by atoms with E-state index in [-0.39, 0.29) is 5.91 Å². The van der Waals surface area contributed by atoms with Crippen molar-refractivity contribution in [2.45, 2.75) is 20.4 Å². The molecule has 0 aliphatic rings. The lowest BCUT2D eigenvalue weighted by Crippen LogP contribution is -3.08. The lowest BCUT2D eigenvalue weighted by Gasteiger charge is -2.16. The van der Waals surface area contributed by atoms with Crippen molar-refractivity contribution in [2.75, 3.05) is 18.9 Å². The van der Waals surface area contributed by atoms with Gasteiger partial charge in [0.15, 0.2) is 6.54 Å². The number of anilines is 1. The zero-order valence-electron chi connectivity index (χ0n) is 13.2. The van der Waals surface area contributed by atoms with Gasteiger partial charge in [-0.1, -0.05) is 40.2 Å². The molecule has 0 heterocycles. The van der Waals surface area contributed by atoms with E-state index >= 15 is 0 Å². The number of carbonyl (C=O) groups is 1. The van der Waals surface area contributed by atoms with Gasteiger partial charge in [-0.25, -0.2) is 0 Å². The van der Waals surface area contributed by atoms with Crippen LogP contribution in [0, 0.1) is 13.8 Å². The molecule has 2 rings (SSSR count). The average molecular weight is 362 g/mol. The first-order valence-corrected chi connectivity index (χ1v) is 8.17. The lowest BCUT2D eigenvalue weighted by molar-refractivity contribution is -0.885. The van der Waals surface area contributed by atoms with Gasteiger partial charge in [0.25, 0.3) is 5.91 Å². The summed E-state index contributed by atoms with van der Waals surface area (Å²) in [7, 11) is 2.04. The number of carbonyl (C=O) groups excluding carboxylic acids is 1. The fourth-order valence-corrected chi connectivity index (χ4v) is 2.91. The Labute approximate surface area is 140 Å². The van der Waals surface area contributed by atoms with Gasteiger partial charge in [-0.05, 0) is 43.2 Å². The van der Waals surface area contributed by atoms with Crippen LogP contribution in [0.4, 0.5) is 5.69 Å². The van der Waals surface area contributed by atoms with E-state index in [1.54, 1.807) is 0 Å². The quantitative estimate of drug-likeness (QED) is 0.843. The molecule has 0 bridgehead atoms. The number of quaternary nitrogens is 1. The highest BCUT2D eigenvalue weighted by Crippen LogP contribution is 2.19. The minimum absolute atomic E-state index is 0.0384. The highest BCUT2D eigenvalue weighted by Gasteiger charge is 2.12. The van der Waals surface area contributed by atoms with Crippen molar-refractivity contribution in [1.82, 2.24) is 0 Å². The number of benzene rings is 2. The second kappa shape index (κ2) is 7.56. The second-order valence-electron chi connectivity index (χ2n) is 5.74. The SMILES string of the molecule is Cc1ccccc1C[NH+](C)CC(=O)Nc1ccc(Br)cc1C. The maximum absolute atomic E-state index is 12.2. The number of amides is 1. The van der Waals surface area contributed by atoms with Crippen molar-refractivity contribution in [3.05, 3.63) is 63.6 Å². The highest BCUT2D eigenvalue weighted by atomic mass is 79.9. The number of likely N-dealkylation sites (N-methyl/N-ethyl adjacent to an activating group) is 1. The first-order chi connectivity index (χ1) is 10.5. The number of hydrogen-bond donors (Lipinski definition) is 2. The molecule has 0 aliphatic heterocycles. The summed E-state index contributed by atoms with van der Waals surface area (Å²) in [4.78, 5) is 13.4. The molecule has 0 fully saturated rings. The Morgan fingerprint density at radius 3 is 2.55 bits per heavy atom. The molecule has 2 aromatic rings. The summed E-state index contributed by atoms with van der Waals surface area (Å²) in [6, 6.07) is 14.2. The van der Waals surface area contributed by atoms with Crippen molar-refractivity contribution in [1.29, 1.82) is 0 Å². The molecule has 0 aliphatic carbocycles. The molecule has 0 radical (unpaired) electrons. The van der Waals surface area contributed by atoms with Crippen molar-refractivity contribution < 1.29 is 9.69 Å². The summed E-state index contributed by atoms with van der Waals surface area (Å²) in [6.45, 7) is 5.39. The summed E-state index contributed by atoms with van der Waals surface area (Å²) in [5.74, 6) is 0.0384. The summed E-state index contributed by atoms with van der Waals surface area (Å²) in [5, 5.41) is 2.99. The Kier molecular flexibility index (Phi) is 5.75. The Bertz CT molecular complexity index is 670. The summed E-state index contributed by atoms with van der Waals surface area (Å²) < 4.78 is 1.02. The molecule has 0 aromatic heterocycles. The van der Waals surface area contributed by atoms with Crippen LogP contribution in [0.15, 0.2) is 46.9 Å². The van der Waals surface area contributed by atoms with Crippen LogP contribution in [0.5, 0.6) is 0 Å². The molecule has 22 heavy (non-hydrogen) atoms. The van der Waals surface area contributed by atoms with Crippen LogP contribution in [-0.4, -0.2) is 19.5 Å². The maximum Gasteiger partial charge on any atom is 0.279 e. The average Bonchev–Trinajstić information content (AvgIpc) is 2.44. The molecule has 1 atom stereocenters. The van der Waals surface area contributed by atoms with E-state index in [2.05, 4.69) is 40.3 Å². The van der Waals surface area contributed by atoms with Crippen LogP contribution >= 0.6 is 15.9 Å². The fraction of sp³-hybridized carbons (Fsp3) is 0.278. The second-order valence-corrected chi connectivity index (χ2v) is 6.66. The minimum Gasteiger partial charge on any atom is -0.326 e. The Hall–Kier alpha value is -1.65. The number of hydrogen-bond acceptors (Lipinski definition) is 1. The van der Waals surface area contributed by atoms with E-state index in [1.807, 2.05) is 44.3 Å². The normalized spacial score (nSPS) is 12.0. The standard InChI is InChI=1S/C18H21BrN2O/c1-13-6-4-5-7-15(13)11-21(3)12-18(22)20-17-9-8-16(19)10-14(17)2/h4-10H,11-12H2,1-3H3,(H,20,22)/p+1. The van der Waals surface area contributed by atoms with Crippen LogP contribution < -0.4 is 10.2 Å². The first-order valence-electron chi connectivity index (χ1n) is 7.37. The molecule has 3 nitrogen and oxygen atoms in total. The molecule has 2 N–H and O–H groups in total. The molecule has 1 amide bonds. The Balaban J connectivity index is 1.93. The van der Waals surface area contributed by atoms with Crippen LogP contribution in [-0.2, 0) is 11.3 Å². The van der Waals surface area contributed by atoms with E-state index < -0.39 is 0 Å². The van der Waals surface area contributed by atoms with Gasteiger partial charge in [0.1, 0.15) is 6.54 Å². The summed E-state index contributed by atoms with van der Waals surface area (Å²) in [6.07, 6.45) is 0. The monoisotopic (exact) mass is 361 g/mol. The van der Waals surface area contributed by atoms with Crippen LogP contribution in [0.2, 0.25) is 0 Å². The van der Waals surface area contributed by atoms with Gasteiger partial charge < -0.3 is 10.2 Å².